The van der Waals surface area contributed by atoms with E-state index in [1.54, 1.807) is 71.1 Å². The zero-order valence-electron chi connectivity index (χ0n) is 70.0. The van der Waals surface area contributed by atoms with E-state index in [9.17, 15) is 0 Å². The third kappa shape index (κ3) is 103. The quantitative estimate of drug-likeness (QED) is 0.0418. The molecule has 0 aromatic rings. The fourth-order valence-electron chi connectivity index (χ4n) is 7.31. The van der Waals surface area contributed by atoms with Gasteiger partial charge in [-0.2, -0.15) is 11.1 Å². The fourth-order valence-corrected chi connectivity index (χ4v) is 71.9. The van der Waals surface area contributed by atoms with E-state index in [0.29, 0.717) is 87.8 Å². The van der Waals surface area contributed by atoms with Crippen molar-refractivity contribution in [1.82, 2.24) is 0 Å². The average molecular weight is 2440 g/mol. The molecule has 0 atom stereocenters. The molecule has 0 aliphatic rings. The molecular formula is C51H130Cl26O17Si18. The molecule has 0 bridgehead atoms. The molecule has 0 aromatic heterocycles. The highest BCUT2D eigenvalue weighted by molar-refractivity contribution is 7.75. The summed E-state index contributed by atoms with van der Waals surface area (Å²) in [6.07, 6.45) is 0.700. The molecule has 0 aliphatic heterocycles. The van der Waals surface area contributed by atoms with Crippen molar-refractivity contribution in [2.45, 2.75) is 215 Å². The first kappa shape index (κ1) is 141. The monoisotopic (exact) mass is 2430 g/mol. The Balaban J connectivity index is -0.000000154. The van der Waals surface area contributed by atoms with Crippen LogP contribution in [0.5, 0.6) is 0 Å². The van der Waals surface area contributed by atoms with E-state index in [4.69, 9.17) is 363 Å². The van der Waals surface area contributed by atoms with Crippen LogP contribution in [0.4, 0.5) is 0 Å². The Morgan fingerprint density at radius 2 is 0.402 bits per heavy atom. The first-order valence-electron chi connectivity index (χ1n) is 34.6. The Labute approximate surface area is 817 Å². The maximum atomic E-state index is 6.08. The standard InChI is InChI=1S/C13H32O5Si2.C8H22O6Si2.C8H22O4Si2.C8H22O2Si2.C5H13Cl3Si2.C3H6Cl6Si2.C3H7Cl5Si2.C2H4Cl6Si2.CH2Cl6Si2/c1-7-14-19(6,15-8-2)12-13-20(16-9-3,17-10-4)18-11-5;1-9-15(10-2,11-3)7-8-16(12-4,13-5)14-6;1-9-13(5,10-2)7-8-14(6,11-3)12-4;1-9-11(3,4)7-8-12(5,6)10-2;1-9(2,6)4-5-10(3,7)8;4-10(5,6)2-1-3-11(7,8)9;1-9(4,5)2-3-10(6,7)8;3-9(4,5)1-2-10(6,7)8;2-8(3,4)1-9(5,6)7/h7-13H2,1-6H3;7-8H2,1-6H3;7-8H2,1-6H3;7-8H2,1-6H3;4-5H2,1-3H3;1-3H2;2-3H2,1H3;1-2H2;1H2. The van der Waals surface area contributed by atoms with Gasteiger partial charge < -0.3 is 75.2 Å². The largest absolute Gasteiger partial charge is 0.500 e. The Hall–Kier alpha value is 10.8. The maximum Gasteiger partial charge on any atom is 0.500 e. The molecule has 690 valence electrons. The summed E-state index contributed by atoms with van der Waals surface area (Å²) in [5, 5.41) is 0. The normalized spacial score (nSPS) is 13.4. The third-order valence-corrected chi connectivity index (χ3v) is 70.3. The van der Waals surface area contributed by atoms with Crippen LogP contribution < -0.4 is 0 Å². The Bertz CT molecular complexity index is 1980. The minimum atomic E-state index is -2.71. The maximum absolute atomic E-state index is 6.08. The number of rotatable bonds is 49. The van der Waals surface area contributed by atoms with Gasteiger partial charge in [-0.1, -0.05) is 19.5 Å². The minimum Gasteiger partial charge on any atom is -0.420 e. The molecule has 0 amide bonds. The van der Waals surface area contributed by atoms with Crippen molar-refractivity contribution < 1.29 is 75.2 Å². The summed E-state index contributed by atoms with van der Waals surface area (Å²) in [6.45, 7) is 32.4. The van der Waals surface area contributed by atoms with Crippen molar-refractivity contribution in [2.24, 2.45) is 0 Å². The number of hydrogen-bond acceptors (Lipinski definition) is 17. The van der Waals surface area contributed by atoms with E-state index in [0.717, 1.165) is 36.3 Å². The number of halogens is 26. The summed E-state index contributed by atoms with van der Waals surface area (Å²) in [6, 6.07) is -5.81. The SMILES string of the molecule is CCO[Si](C)(CC[Si](OCC)(OCC)OCC)OCC.CO[Si](C)(C)CC[Si](C)(C)OC.CO[Si](C)(CC[Si](C)(OC)OC)OC.CO[Si](CC[Si](OC)(OC)OC)(OC)OC.C[Si](C)(Cl)CC[Si](C)(Cl)Cl.C[Si](Cl)(Cl)CC[Si](Cl)(Cl)Cl.Cl[Si](Cl)(Cl)CCC[Si](Cl)(Cl)Cl.Cl[Si](Cl)(Cl)CC[Si](Cl)(Cl)Cl.Cl[Si](Cl)(Cl)C[Si](Cl)(Cl)Cl. The van der Waals surface area contributed by atoms with Crippen LogP contribution in [0.1, 0.15) is 41.0 Å². The lowest BCUT2D eigenvalue weighted by molar-refractivity contribution is 0.0712. The van der Waals surface area contributed by atoms with Gasteiger partial charge in [0, 0.05) is 142 Å². The van der Waals surface area contributed by atoms with E-state index < -0.39 is 132 Å². The van der Waals surface area contributed by atoms with Gasteiger partial charge in [-0.15, -0.1) is 277 Å². The molecule has 112 heavy (non-hydrogen) atoms. The van der Waals surface area contributed by atoms with E-state index in [1.807, 2.05) is 75.0 Å². The molecule has 0 saturated carbocycles. The molecule has 17 nitrogen and oxygen atoms in total. The average Bonchev–Trinajstić information content (AvgIpc) is 0.859. The van der Waals surface area contributed by atoms with Crippen molar-refractivity contribution in [3.63, 3.8) is 0 Å². The van der Waals surface area contributed by atoms with E-state index in [2.05, 4.69) is 45.8 Å². The summed E-state index contributed by atoms with van der Waals surface area (Å²) in [7, 11) is 1.98. The molecule has 0 fully saturated rings. The van der Waals surface area contributed by atoms with Crippen molar-refractivity contribution >= 4 is 420 Å². The fraction of sp³-hybridized carbons (Fsp3) is 1.00. The second-order valence-corrected chi connectivity index (χ2v) is 143. The van der Waals surface area contributed by atoms with Gasteiger partial charge in [0.1, 0.15) is 7.38 Å². The molecule has 0 unspecified atom stereocenters. The highest BCUT2D eigenvalue weighted by atomic mass is 35.9. The van der Waals surface area contributed by atoms with Crippen molar-refractivity contribution in [3.8, 4) is 0 Å². The van der Waals surface area contributed by atoms with Crippen LogP contribution in [-0.4, -0.2) is 250 Å². The van der Waals surface area contributed by atoms with Gasteiger partial charge in [0.2, 0.25) is 13.4 Å². The Kier molecular flexibility index (Phi) is 88.5. The van der Waals surface area contributed by atoms with Crippen molar-refractivity contribution in [1.29, 1.82) is 0 Å². The predicted octanol–water partition coefficient (Wildman–Crippen LogP) is 29.3. The Morgan fingerprint density at radius 3 is 0.554 bits per heavy atom. The van der Waals surface area contributed by atoms with Crippen molar-refractivity contribution in [3.05, 3.63) is 0 Å². The predicted molar refractivity (Wildman–Crippen MR) is 549 cm³/mol. The third-order valence-electron chi connectivity index (χ3n) is 14.7. The molecule has 0 rings (SSSR count). The first-order valence-corrected chi connectivity index (χ1v) is 105. The highest BCUT2D eigenvalue weighted by Gasteiger charge is 2.48. The molecule has 61 heteroatoms. The Morgan fingerprint density at radius 1 is 0.188 bits per heavy atom. The number of hydrogen-bond donors (Lipinski definition) is 0. The van der Waals surface area contributed by atoms with Gasteiger partial charge in [-0.25, -0.2) is 0 Å². The van der Waals surface area contributed by atoms with E-state index >= 15 is 0 Å². The van der Waals surface area contributed by atoms with E-state index in [-0.39, 0.29) is 5.67 Å². The van der Waals surface area contributed by atoms with Crippen LogP contribution in [0.25, 0.3) is 0 Å². The van der Waals surface area contributed by atoms with Crippen LogP contribution >= 0.6 is 288 Å². The van der Waals surface area contributed by atoms with Gasteiger partial charge in [0.25, 0.3) is 0 Å². The highest BCUT2D eigenvalue weighted by Crippen LogP contribution is 2.39. The van der Waals surface area contributed by atoms with Gasteiger partial charge in [0.15, 0.2) is 16.6 Å². The zero-order chi connectivity index (χ0) is 91.3. The van der Waals surface area contributed by atoms with Crippen LogP contribution in [0, 0.1) is 0 Å². The molecule has 0 N–H and O–H groups in total. The van der Waals surface area contributed by atoms with Gasteiger partial charge >= 0.3 is 94.1 Å². The van der Waals surface area contributed by atoms with Crippen LogP contribution in [0.15, 0.2) is 0 Å². The smallest absolute Gasteiger partial charge is 0.420 e. The lowest BCUT2D eigenvalue weighted by atomic mass is 10.6. The molecular weight excluding hydrogens is 2310 g/mol. The molecule has 0 aromatic carbocycles. The second-order valence-electron chi connectivity index (χ2n) is 26.3. The molecule has 0 spiro atoms. The van der Waals surface area contributed by atoms with Gasteiger partial charge in [-0.05, 0) is 172 Å². The lowest BCUT2D eigenvalue weighted by Crippen LogP contribution is -2.49. The van der Waals surface area contributed by atoms with Crippen LogP contribution in [0.2, 0.25) is 174 Å². The summed E-state index contributed by atoms with van der Waals surface area (Å²) in [5.41, 5.74) is 0.162. The minimum absolute atomic E-state index is 0.162. The van der Waals surface area contributed by atoms with Crippen molar-refractivity contribution in [2.75, 3.05) is 118 Å². The first-order chi connectivity index (χ1) is 49.9. The summed E-state index contributed by atoms with van der Waals surface area (Å²) >= 11 is 146. The molecule has 0 heterocycles. The molecule has 0 aliphatic carbocycles. The lowest BCUT2D eigenvalue weighted by Gasteiger charge is -2.32. The topological polar surface area (TPSA) is 157 Å². The summed E-state index contributed by atoms with van der Waals surface area (Å²) in [5.74, 6) is 0. The second kappa shape index (κ2) is 70.5. The molecule has 0 saturated heterocycles. The van der Waals surface area contributed by atoms with Gasteiger partial charge in [-0.3, -0.25) is 0 Å². The van der Waals surface area contributed by atoms with Crippen LogP contribution in [-0.2, 0) is 75.2 Å². The summed E-state index contributed by atoms with van der Waals surface area (Å²) < 4.78 is 93.8. The summed E-state index contributed by atoms with van der Waals surface area (Å²) in [4.78, 5) is 0. The van der Waals surface area contributed by atoms with Gasteiger partial charge in [0.05, 0.1) is 0 Å². The zero-order valence-corrected chi connectivity index (χ0v) is 108. The van der Waals surface area contributed by atoms with E-state index in [1.165, 1.54) is 12.1 Å². The van der Waals surface area contributed by atoms with Crippen LogP contribution in [0.3, 0.4) is 0 Å². The molecule has 0 radical (unpaired) electrons.